The van der Waals surface area contributed by atoms with Crippen LogP contribution in [0.2, 0.25) is 0 Å². The van der Waals surface area contributed by atoms with Crippen LogP contribution in [0.4, 0.5) is 5.82 Å². The number of nitrogens with two attached hydrogens (primary N) is 1. The van der Waals surface area contributed by atoms with Crippen LogP contribution in [0.3, 0.4) is 0 Å². The lowest BCUT2D eigenvalue weighted by atomic mass is 9.97. The molecule has 8 heteroatoms. The number of rotatable bonds is 3. The predicted molar refractivity (Wildman–Crippen MR) is 118 cm³/mol. The van der Waals surface area contributed by atoms with E-state index in [2.05, 4.69) is 37.4 Å². The van der Waals surface area contributed by atoms with E-state index in [1.165, 1.54) is 0 Å². The van der Waals surface area contributed by atoms with Crippen molar-refractivity contribution >= 4 is 33.5 Å². The van der Waals surface area contributed by atoms with Crippen LogP contribution in [0.1, 0.15) is 35.2 Å². The van der Waals surface area contributed by atoms with E-state index in [0.717, 1.165) is 51.3 Å². The van der Waals surface area contributed by atoms with E-state index in [4.69, 9.17) is 5.73 Å². The number of benzene rings is 1. The highest BCUT2D eigenvalue weighted by molar-refractivity contribution is 5.97. The molecular formula is C23H21N7O. The van der Waals surface area contributed by atoms with Crippen molar-refractivity contribution in [1.29, 1.82) is 0 Å². The molecule has 154 valence electrons. The number of nitrogens with one attached hydrogen (secondary N) is 1. The summed E-state index contributed by atoms with van der Waals surface area (Å²) in [4.78, 5) is 21.0. The van der Waals surface area contributed by atoms with E-state index >= 15 is 0 Å². The van der Waals surface area contributed by atoms with Crippen LogP contribution in [-0.2, 0) is 17.3 Å². The summed E-state index contributed by atoms with van der Waals surface area (Å²) in [5.41, 5.74) is 10.2. The average Bonchev–Trinajstić information content (AvgIpc) is 3.51. The number of anilines is 1. The Bertz CT molecular complexity index is 1440. The predicted octanol–water partition coefficient (Wildman–Crippen LogP) is 2.18. The summed E-state index contributed by atoms with van der Waals surface area (Å²) in [7, 11) is 3.67. The second-order valence-corrected chi connectivity index (χ2v) is 7.95. The molecule has 31 heavy (non-hydrogen) atoms. The Labute approximate surface area is 178 Å². The molecule has 8 nitrogen and oxygen atoms in total. The number of fused-ring (bicyclic) bond motifs is 2. The van der Waals surface area contributed by atoms with Gasteiger partial charge >= 0.3 is 0 Å². The van der Waals surface area contributed by atoms with E-state index in [1.807, 2.05) is 39.2 Å². The molecule has 0 unspecified atom stereocenters. The lowest BCUT2D eigenvalue weighted by Crippen LogP contribution is -2.29. The zero-order valence-corrected chi connectivity index (χ0v) is 17.5. The summed E-state index contributed by atoms with van der Waals surface area (Å²) >= 11 is 0. The first-order valence-electron chi connectivity index (χ1n) is 10.0. The van der Waals surface area contributed by atoms with Gasteiger partial charge in [0.25, 0.3) is 0 Å². The van der Waals surface area contributed by atoms with Crippen molar-refractivity contribution in [3.63, 3.8) is 0 Å². The van der Waals surface area contributed by atoms with E-state index in [0.29, 0.717) is 11.5 Å². The Balaban J connectivity index is 1.66. The third kappa shape index (κ3) is 2.97. The third-order valence-electron chi connectivity index (χ3n) is 6.01. The Morgan fingerprint density at radius 2 is 1.90 bits per heavy atom. The summed E-state index contributed by atoms with van der Waals surface area (Å²) in [6.07, 6.45) is 4.94. The SMILES string of the molecule is CNc1ncc(C#Cc2cc3c(cc2C)nnn3C)c2cc(C3(C(N)=O)CC3)ncc12. The molecule has 0 aliphatic heterocycles. The maximum atomic E-state index is 12.0. The van der Waals surface area contributed by atoms with E-state index in [1.54, 1.807) is 17.1 Å². The van der Waals surface area contributed by atoms with Gasteiger partial charge in [0, 0.05) is 42.8 Å². The number of aromatic nitrogens is 5. The molecule has 3 heterocycles. The molecule has 0 radical (unpaired) electrons. The fourth-order valence-corrected chi connectivity index (χ4v) is 3.90. The molecule has 1 amide bonds. The minimum atomic E-state index is -0.657. The van der Waals surface area contributed by atoms with Crippen LogP contribution >= 0.6 is 0 Å². The zero-order chi connectivity index (χ0) is 21.8. The summed E-state index contributed by atoms with van der Waals surface area (Å²) < 4.78 is 1.73. The average molecular weight is 411 g/mol. The largest absolute Gasteiger partial charge is 0.373 e. The number of amides is 1. The third-order valence-corrected chi connectivity index (χ3v) is 6.01. The van der Waals surface area contributed by atoms with Crippen molar-refractivity contribution in [2.24, 2.45) is 12.8 Å². The first-order valence-corrected chi connectivity index (χ1v) is 10.0. The normalized spacial score (nSPS) is 14.3. The van der Waals surface area contributed by atoms with Crippen LogP contribution < -0.4 is 11.1 Å². The van der Waals surface area contributed by atoms with Crippen LogP contribution in [0.25, 0.3) is 21.8 Å². The van der Waals surface area contributed by atoms with Crippen LogP contribution in [0.5, 0.6) is 0 Å². The van der Waals surface area contributed by atoms with Crippen molar-refractivity contribution in [1.82, 2.24) is 25.0 Å². The molecule has 1 saturated carbocycles. The van der Waals surface area contributed by atoms with Crippen molar-refractivity contribution in [3.05, 3.63) is 53.0 Å². The monoisotopic (exact) mass is 411 g/mol. The van der Waals surface area contributed by atoms with E-state index in [-0.39, 0.29) is 5.91 Å². The number of pyridine rings is 2. The maximum Gasteiger partial charge on any atom is 0.229 e. The quantitative estimate of drug-likeness (QED) is 0.500. The highest BCUT2D eigenvalue weighted by Crippen LogP contribution is 2.47. The van der Waals surface area contributed by atoms with Gasteiger partial charge in [-0.1, -0.05) is 17.1 Å². The van der Waals surface area contributed by atoms with Gasteiger partial charge in [-0.15, -0.1) is 5.10 Å². The van der Waals surface area contributed by atoms with Crippen LogP contribution in [0.15, 0.2) is 30.6 Å². The molecule has 5 rings (SSSR count). The Kier molecular flexibility index (Phi) is 4.15. The number of aryl methyl sites for hydroxylation is 2. The van der Waals surface area contributed by atoms with Crippen LogP contribution in [-0.4, -0.2) is 37.9 Å². The summed E-state index contributed by atoms with van der Waals surface area (Å²) in [6.45, 7) is 2.00. The van der Waals surface area contributed by atoms with Gasteiger partial charge in [0.1, 0.15) is 11.3 Å². The molecule has 0 saturated heterocycles. The maximum absolute atomic E-state index is 12.0. The molecule has 3 aromatic heterocycles. The minimum Gasteiger partial charge on any atom is -0.373 e. The highest BCUT2D eigenvalue weighted by atomic mass is 16.1. The van der Waals surface area contributed by atoms with Gasteiger partial charge in [0.05, 0.1) is 22.2 Å². The molecule has 1 fully saturated rings. The van der Waals surface area contributed by atoms with Gasteiger partial charge in [0.2, 0.25) is 5.91 Å². The summed E-state index contributed by atoms with van der Waals surface area (Å²) in [5.74, 6) is 6.92. The molecule has 0 atom stereocenters. The number of nitrogens with zero attached hydrogens (tertiary/aromatic N) is 5. The molecule has 1 aliphatic carbocycles. The lowest BCUT2D eigenvalue weighted by Gasteiger charge is -2.13. The Morgan fingerprint density at radius 1 is 1.13 bits per heavy atom. The first kappa shape index (κ1) is 19.0. The summed E-state index contributed by atoms with van der Waals surface area (Å²) in [5, 5.41) is 13.1. The topological polar surface area (TPSA) is 112 Å². The van der Waals surface area contributed by atoms with Gasteiger partial charge < -0.3 is 11.1 Å². The fraction of sp³-hybridized carbons (Fsp3) is 0.261. The number of primary amides is 1. The van der Waals surface area contributed by atoms with Gasteiger partial charge in [-0.3, -0.25) is 9.78 Å². The minimum absolute atomic E-state index is 0.330. The molecule has 4 aromatic rings. The molecule has 0 spiro atoms. The standard InChI is InChI=1S/C23H21N7O/c1-13-8-18-19(30(3)29-28-18)9-14(13)4-5-15-11-27-21(25-2)17-12-26-20(10-16(15)17)23(6-7-23)22(24)31/h8-12H,6-7H2,1-3H3,(H2,24,31)(H,25,27). The Morgan fingerprint density at radius 3 is 2.61 bits per heavy atom. The molecule has 1 aliphatic rings. The lowest BCUT2D eigenvalue weighted by molar-refractivity contribution is -0.120. The van der Waals surface area contributed by atoms with Gasteiger partial charge in [-0.25, -0.2) is 9.67 Å². The molecular weight excluding hydrogens is 390 g/mol. The molecule has 3 N–H and O–H groups in total. The first-order chi connectivity index (χ1) is 14.9. The number of hydrogen-bond donors (Lipinski definition) is 2. The van der Waals surface area contributed by atoms with Crippen molar-refractivity contribution < 1.29 is 4.79 Å². The van der Waals surface area contributed by atoms with Crippen molar-refractivity contribution in [2.75, 3.05) is 12.4 Å². The van der Waals surface area contributed by atoms with Gasteiger partial charge in [-0.2, -0.15) is 0 Å². The van der Waals surface area contributed by atoms with Crippen LogP contribution in [0, 0.1) is 18.8 Å². The van der Waals surface area contributed by atoms with E-state index < -0.39 is 5.41 Å². The smallest absolute Gasteiger partial charge is 0.229 e. The van der Waals surface area contributed by atoms with Gasteiger partial charge in [0.15, 0.2) is 0 Å². The second-order valence-electron chi connectivity index (χ2n) is 7.95. The van der Waals surface area contributed by atoms with Crippen molar-refractivity contribution in [2.45, 2.75) is 25.2 Å². The zero-order valence-electron chi connectivity index (χ0n) is 17.5. The number of carbonyl (C=O) groups is 1. The second kappa shape index (κ2) is 6.77. The number of carbonyl (C=O) groups excluding carboxylic acids is 1. The fourth-order valence-electron chi connectivity index (χ4n) is 3.90. The van der Waals surface area contributed by atoms with Crippen molar-refractivity contribution in [3.8, 4) is 11.8 Å². The summed E-state index contributed by atoms with van der Waals surface area (Å²) in [6, 6.07) is 5.91. The number of hydrogen-bond acceptors (Lipinski definition) is 6. The van der Waals surface area contributed by atoms with Gasteiger partial charge in [-0.05, 0) is 43.5 Å². The molecule has 1 aromatic carbocycles. The Hall–Kier alpha value is -3.99. The highest BCUT2D eigenvalue weighted by Gasteiger charge is 2.51. The molecule has 0 bridgehead atoms. The van der Waals surface area contributed by atoms with E-state index in [9.17, 15) is 4.79 Å².